The summed E-state index contributed by atoms with van der Waals surface area (Å²) >= 11 is 0. The first kappa shape index (κ1) is 15.4. The highest BCUT2D eigenvalue weighted by Crippen LogP contribution is 2.18. The summed E-state index contributed by atoms with van der Waals surface area (Å²) in [5.74, 6) is 1.05. The first-order valence-electron chi connectivity index (χ1n) is 7.55. The molecule has 2 aromatic heterocycles. The monoisotopic (exact) mass is 284 g/mol. The second-order valence-electron chi connectivity index (χ2n) is 5.08. The first-order valence-corrected chi connectivity index (χ1v) is 7.55. The Morgan fingerprint density at radius 3 is 2.48 bits per heavy atom. The van der Waals surface area contributed by atoms with E-state index < -0.39 is 0 Å². The molecule has 0 saturated carbocycles. The van der Waals surface area contributed by atoms with Gasteiger partial charge >= 0.3 is 0 Å². The summed E-state index contributed by atoms with van der Waals surface area (Å²) in [5.41, 5.74) is 3.68. The van der Waals surface area contributed by atoms with Crippen molar-refractivity contribution in [2.24, 2.45) is 0 Å². The minimum Gasteiger partial charge on any atom is -0.353 e. The standard InChI is InChI=1S/C17H24N4/c1-4-16-10-15(12-18-3)11-17(20-16)21(5-2)13-14-6-8-19-9-7-14/h6-11,18H,4-5,12-13H2,1-3H3. The summed E-state index contributed by atoms with van der Waals surface area (Å²) in [4.78, 5) is 11.2. The minimum absolute atomic E-state index is 0.859. The number of hydrogen-bond donors (Lipinski definition) is 1. The molecule has 0 fully saturated rings. The molecule has 0 aromatic carbocycles. The Morgan fingerprint density at radius 1 is 1.10 bits per heavy atom. The van der Waals surface area contributed by atoms with E-state index in [4.69, 9.17) is 4.98 Å². The summed E-state index contributed by atoms with van der Waals surface area (Å²) in [6.07, 6.45) is 4.63. The Morgan fingerprint density at radius 2 is 1.86 bits per heavy atom. The van der Waals surface area contributed by atoms with Crippen LogP contribution >= 0.6 is 0 Å². The molecular weight excluding hydrogens is 260 g/mol. The Balaban J connectivity index is 2.26. The molecule has 21 heavy (non-hydrogen) atoms. The average molecular weight is 284 g/mol. The van der Waals surface area contributed by atoms with Crippen molar-refractivity contribution in [1.29, 1.82) is 0 Å². The fourth-order valence-electron chi connectivity index (χ4n) is 2.35. The molecule has 0 radical (unpaired) electrons. The van der Waals surface area contributed by atoms with Gasteiger partial charge in [0.05, 0.1) is 0 Å². The summed E-state index contributed by atoms with van der Waals surface area (Å²) in [6, 6.07) is 8.47. The SMILES string of the molecule is CCc1cc(CNC)cc(N(CC)Cc2ccncc2)n1. The quantitative estimate of drug-likeness (QED) is 0.849. The zero-order chi connectivity index (χ0) is 15.1. The molecule has 0 aliphatic heterocycles. The third kappa shape index (κ3) is 4.26. The van der Waals surface area contributed by atoms with Gasteiger partial charge < -0.3 is 10.2 Å². The van der Waals surface area contributed by atoms with Crippen LogP contribution in [-0.4, -0.2) is 23.6 Å². The third-order valence-corrected chi connectivity index (χ3v) is 3.50. The molecule has 1 N–H and O–H groups in total. The molecule has 4 nitrogen and oxygen atoms in total. The molecule has 0 spiro atoms. The maximum Gasteiger partial charge on any atom is 0.129 e. The molecule has 4 heteroatoms. The summed E-state index contributed by atoms with van der Waals surface area (Å²) in [6.45, 7) is 6.97. The van der Waals surface area contributed by atoms with Gasteiger partial charge in [-0.25, -0.2) is 4.98 Å². The Labute approximate surface area is 127 Å². The second-order valence-corrected chi connectivity index (χ2v) is 5.08. The highest BCUT2D eigenvalue weighted by molar-refractivity contribution is 5.43. The topological polar surface area (TPSA) is 41.0 Å². The second kappa shape index (κ2) is 7.74. The summed E-state index contributed by atoms with van der Waals surface area (Å²) in [5, 5.41) is 3.21. The van der Waals surface area contributed by atoms with E-state index in [-0.39, 0.29) is 0 Å². The lowest BCUT2D eigenvalue weighted by molar-refractivity contribution is 0.785. The molecule has 0 atom stereocenters. The van der Waals surface area contributed by atoms with E-state index in [0.29, 0.717) is 0 Å². The molecule has 0 aliphatic carbocycles. The molecule has 2 rings (SSSR count). The van der Waals surface area contributed by atoms with E-state index in [9.17, 15) is 0 Å². The maximum absolute atomic E-state index is 4.78. The number of aryl methyl sites for hydroxylation is 1. The van der Waals surface area contributed by atoms with Gasteiger partial charge in [0.1, 0.15) is 5.82 Å². The van der Waals surface area contributed by atoms with Crippen molar-refractivity contribution in [1.82, 2.24) is 15.3 Å². The van der Waals surface area contributed by atoms with Crippen LogP contribution < -0.4 is 10.2 Å². The van der Waals surface area contributed by atoms with Crippen molar-refractivity contribution < 1.29 is 0 Å². The van der Waals surface area contributed by atoms with Gasteiger partial charge in [0, 0.05) is 37.7 Å². The lowest BCUT2D eigenvalue weighted by Gasteiger charge is -2.23. The molecule has 0 bridgehead atoms. The van der Waals surface area contributed by atoms with Gasteiger partial charge in [-0.2, -0.15) is 0 Å². The Bertz CT molecular complexity index is 554. The van der Waals surface area contributed by atoms with Gasteiger partial charge in [-0.05, 0) is 55.8 Å². The van der Waals surface area contributed by atoms with Crippen molar-refractivity contribution in [3.8, 4) is 0 Å². The number of aromatic nitrogens is 2. The number of pyridine rings is 2. The van der Waals surface area contributed by atoms with E-state index in [1.807, 2.05) is 19.4 Å². The van der Waals surface area contributed by atoms with Gasteiger partial charge in [0.2, 0.25) is 0 Å². The molecular formula is C17H24N4. The predicted octanol–water partition coefficient (Wildman–Crippen LogP) is 2.78. The van der Waals surface area contributed by atoms with Crippen LogP contribution in [0.25, 0.3) is 0 Å². The van der Waals surface area contributed by atoms with Crippen molar-refractivity contribution in [3.05, 3.63) is 53.5 Å². The molecule has 0 saturated heterocycles. The van der Waals surface area contributed by atoms with Gasteiger partial charge in [0.25, 0.3) is 0 Å². The maximum atomic E-state index is 4.78. The van der Waals surface area contributed by atoms with Crippen LogP contribution in [0, 0.1) is 0 Å². The molecule has 112 valence electrons. The van der Waals surface area contributed by atoms with Crippen LogP contribution in [0.4, 0.5) is 5.82 Å². The predicted molar refractivity (Wildman–Crippen MR) is 87.3 cm³/mol. The van der Waals surface area contributed by atoms with Crippen molar-refractivity contribution >= 4 is 5.82 Å². The Kier molecular flexibility index (Phi) is 5.69. The Hall–Kier alpha value is -1.94. The minimum atomic E-state index is 0.859. The molecule has 2 heterocycles. The van der Waals surface area contributed by atoms with Gasteiger partial charge in [-0.15, -0.1) is 0 Å². The van der Waals surface area contributed by atoms with E-state index in [0.717, 1.165) is 37.6 Å². The molecule has 0 amide bonds. The van der Waals surface area contributed by atoms with Gasteiger partial charge in [-0.3, -0.25) is 4.98 Å². The number of anilines is 1. The van der Waals surface area contributed by atoms with Crippen LogP contribution in [-0.2, 0) is 19.5 Å². The van der Waals surface area contributed by atoms with Crippen LogP contribution in [0.5, 0.6) is 0 Å². The number of rotatable bonds is 7. The lowest BCUT2D eigenvalue weighted by Crippen LogP contribution is -2.24. The number of nitrogens with zero attached hydrogens (tertiary/aromatic N) is 3. The lowest BCUT2D eigenvalue weighted by atomic mass is 10.1. The third-order valence-electron chi connectivity index (χ3n) is 3.50. The van der Waals surface area contributed by atoms with E-state index in [1.54, 1.807) is 0 Å². The smallest absolute Gasteiger partial charge is 0.129 e. The highest BCUT2D eigenvalue weighted by Gasteiger charge is 2.09. The van der Waals surface area contributed by atoms with E-state index in [2.05, 4.69) is 53.3 Å². The van der Waals surface area contributed by atoms with Crippen LogP contribution in [0.2, 0.25) is 0 Å². The van der Waals surface area contributed by atoms with E-state index >= 15 is 0 Å². The average Bonchev–Trinajstić information content (AvgIpc) is 2.53. The zero-order valence-electron chi connectivity index (χ0n) is 13.1. The molecule has 2 aromatic rings. The van der Waals surface area contributed by atoms with Crippen molar-refractivity contribution in [2.75, 3.05) is 18.5 Å². The molecule has 0 aliphatic rings. The number of hydrogen-bond acceptors (Lipinski definition) is 4. The summed E-state index contributed by atoms with van der Waals surface area (Å²) < 4.78 is 0. The van der Waals surface area contributed by atoms with Gasteiger partial charge in [-0.1, -0.05) is 6.92 Å². The van der Waals surface area contributed by atoms with Crippen LogP contribution in [0.15, 0.2) is 36.7 Å². The van der Waals surface area contributed by atoms with Crippen LogP contribution in [0.1, 0.15) is 30.7 Å². The largest absolute Gasteiger partial charge is 0.353 e. The van der Waals surface area contributed by atoms with Crippen LogP contribution in [0.3, 0.4) is 0 Å². The highest BCUT2D eigenvalue weighted by atomic mass is 15.2. The van der Waals surface area contributed by atoms with Crippen molar-refractivity contribution in [3.63, 3.8) is 0 Å². The zero-order valence-corrected chi connectivity index (χ0v) is 13.1. The fraction of sp³-hybridized carbons (Fsp3) is 0.412. The van der Waals surface area contributed by atoms with E-state index in [1.165, 1.54) is 11.1 Å². The normalized spacial score (nSPS) is 10.6. The fourth-order valence-corrected chi connectivity index (χ4v) is 2.35. The van der Waals surface area contributed by atoms with Gasteiger partial charge in [0.15, 0.2) is 0 Å². The molecule has 0 unspecified atom stereocenters. The summed E-state index contributed by atoms with van der Waals surface area (Å²) in [7, 11) is 1.97. The first-order chi connectivity index (χ1) is 10.3. The number of nitrogens with one attached hydrogen (secondary N) is 1. The van der Waals surface area contributed by atoms with Crippen molar-refractivity contribution in [2.45, 2.75) is 33.4 Å².